The van der Waals surface area contributed by atoms with Gasteiger partial charge in [-0.25, -0.2) is 4.79 Å². The van der Waals surface area contributed by atoms with E-state index in [-0.39, 0.29) is 0 Å². The van der Waals surface area contributed by atoms with Crippen molar-refractivity contribution in [1.82, 2.24) is 0 Å². The first kappa shape index (κ1) is 14.0. The molecular weight excluding hydrogens is 256 g/mol. The summed E-state index contributed by atoms with van der Waals surface area (Å²) in [5, 5.41) is 9.14. The summed E-state index contributed by atoms with van der Waals surface area (Å²) in [6, 6.07) is 17.2. The lowest BCUT2D eigenvalue weighted by atomic mass is 9.82. The minimum absolute atomic E-state index is 0.487. The molecule has 4 nitrogen and oxygen atoms in total. The van der Waals surface area contributed by atoms with Crippen molar-refractivity contribution >= 4 is 11.8 Å². The lowest BCUT2D eigenvalue weighted by molar-refractivity contribution is -0.159. The Hall–Kier alpha value is -2.46. The lowest BCUT2D eigenvalue weighted by Gasteiger charge is -2.30. The molecule has 2 aromatic carbocycles. The molecule has 0 aliphatic rings. The summed E-state index contributed by atoms with van der Waals surface area (Å²) in [5.41, 5.74) is -0.656. The standard InChI is InChI=1S/C16H14O4/c1-20-16(14(17)15(18)19,12-8-4-2-5-9-12)13-10-6-3-7-11-13/h2-11H,1H3,(H,18,19). The Morgan fingerprint density at radius 1 is 0.900 bits per heavy atom. The first-order chi connectivity index (χ1) is 9.63. The Labute approximate surface area is 116 Å². The smallest absolute Gasteiger partial charge is 0.376 e. The molecule has 0 unspecified atom stereocenters. The predicted molar refractivity (Wildman–Crippen MR) is 73.3 cm³/mol. The van der Waals surface area contributed by atoms with Crippen LogP contribution in [0.3, 0.4) is 0 Å². The van der Waals surface area contributed by atoms with E-state index in [9.17, 15) is 9.59 Å². The van der Waals surface area contributed by atoms with Crippen LogP contribution in [0.5, 0.6) is 0 Å². The summed E-state index contributed by atoms with van der Waals surface area (Å²) in [5.74, 6) is -2.54. The third-order valence-electron chi connectivity index (χ3n) is 3.18. The van der Waals surface area contributed by atoms with Crippen LogP contribution in [0.1, 0.15) is 11.1 Å². The quantitative estimate of drug-likeness (QED) is 0.846. The Bertz CT molecular complexity index is 565. The minimum atomic E-state index is -1.63. The Balaban J connectivity index is 2.71. The average Bonchev–Trinajstić information content (AvgIpc) is 2.50. The van der Waals surface area contributed by atoms with Gasteiger partial charge in [-0.15, -0.1) is 0 Å². The van der Waals surface area contributed by atoms with E-state index in [1.807, 2.05) is 0 Å². The monoisotopic (exact) mass is 270 g/mol. The number of benzene rings is 2. The zero-order chi connectivity index (χ0) is 14.6. The van der Waals surface area contributed by atoms with Crippen molar-refractivity contribution in [2.75, 3.05) is 7.11 Å². The number of ether oxygens (including phenoxy) is 1. The van der Waals surface area contributed by atoms with E-state index in [2.05, 4.69) is 0 Å². The highest BCUT2D eigenvalue weighted by molar-refractivity contribution is 6.37. The average molecular weight is 270 g/mol. The molecule has 0 spiro atoms. The van der Waals surface area contributed by atoms with Crippen LogP contribution in [-0.4, -0.2) is 24.0 Å². The molecule has 0 fully saturated rings. The van der Waals surface area contributed by atoms with E-state index in [4.69, 9.17) is 9.84 Å². The summed E-state index contributed by atoms with van der Waals surface area (Å²) in [7, 11) is 1.33. The van der Waals surface area contributed by atoms with Crippen molar-refractivity contribution in [2.45, 2.75) is 5.60 Å². The van der Waals surface area contributed by atoms with E-state index >= 15 is 0 Å². The fourth-order valence-corrected chi connectivity index (χ4v) is 2.25. The summed E-state index contributed by atoms with van der Waals surface area (Å²) < 4.78 is 5.40. The van der Waals surface area contributed by atoms with Gasteiger partial charge >= 0.3 is 5.97 Å². The molecule has 0 radical (unpaired) electrons. The van der Waals surface area contributed by atoms with E-state index in [0.717, 1.165) is 0 Å². The van der Waals surface area contributed by atoms with Crippen LogP contribution >= 0.6 is 0 Å². The summed E-state index contributed by atoms with van der Waals surface area (Å²) >= 11 is 0. The Morgan fingerprint density at radius 2 is 1.30 bits per heavy atom. The molecule has 0 aromatic heterocycles. The van der Waals surface area contributed by atoms with Gasteiger partial charge in [0.2, 0.25) is 0 Å². The van der Waals surface area contributed by atoms with Crippen molar-refractivity contribution in [3.05, 3.63) is 71.8 Å². The maximum atomic E-state index is 12.3. The van der Waals surface area contributed by atoms with Crippen LogP contribution in [-0.2, 0) is 19.9 Å². The van der Waals surface area contributed by atoms with Gasteiger partial charge in [-0.05, 0) is 11.1 Å². The highest BCUT2D eigenvalue weighted by Gasteiger charge is 2.45. The van der Waals surface area contributed by atoms with Crippen molar-refractivity contribution in [3.8, 4) is 0 Å². The van der Waals surface area contributed by atoms with Gasteiger partial charge in [0.25, 0.3) is 5.78 Å². The highest BCUT2D eigenvalue weighted by atomic mass is 16.5. The third-order valence-corrected chi connectivity index (χ3v) is 3.18. The number of hydrogen-bond acceptors (Lipinski definition) is 3. The maximum Gasteiger partial charge on any atom is 0.376 e. The third kappa shape index (κ3) is 2.21. The number of carbonyl (C=O) groups is 2. The molecule has 1 N–H and O–H groups in total. The molecule has 0 aliphatic carbocycles. The number of carboxylic acid groups (broad SMARTS) is 1. The predicted octanol–water partition coefficient (Wildman–Crippen LogP) is 2.23. The van der Waals surface area contributed by atoms with Crippen LogP contribution < -0.4 is 0 Å². The number of hydrogen-bond donors (Lipinski definition) is 1. The van der Waals surface area contributed by atoms with Crippen LogP contribution in [0.25, 0.3) is 0 Å². The molecule has 4 heteroatoms. The molecule has 0 bridgehead atoms. The zero-order valence-electron chi connectivity index (χ0n) is 10.9. The number of carbonyl (C=O) groups excluding carboxylic acids is 1. The van der Waals surface area contributed by atoms with Crippen LogP contribution in [0, 0.1) is 0 Å². The molecule has 0 heterocycles. The Morgan fingerprint density at radius 3 is 1.60 bits per heavy atom. The van der Waals surface area contributed by atoms with Gasteiger partial charge in [-0.3, -0.25) is 4.79 Å². The fraction of sp³-hybridized carbons (Fsp3) is 0.125. The SMILES string of the molecule is COC(C(=O)C(=O)O)(c1ccccc1)c1ccccc1. The Kier molecular flexibility index (Phi) is 3.96. The first-order valence-electron chi connectivity index (χ1n) is 6.07. The molecule has 0 aliphatic heterocycles. The maximum absolute atomic E-state index is 12.3. The van der Waals surface area contributed by atoms with Crippen molar-refractivity contribution in [2.24, 2.45) is 0 Å². The van der Waals surface area contributed by atoms with Crippen LogP contribution in [0.15, 0.2) is 60.7 Å². The van der Waals surface area contributed by atoms with E-state index < -0.39 is 17.4 Å². The molecule has 0 saturated carbocycles. The van der Waals surface area contributed by atoms with Crippen LogP contribution in [0.4, 0.5) is 0 Å². The van der Waals surface area contributed by atoms with Gasteiger partial charge in [0.1, 0.15) is 0 Å². The summed E-state index contributed by atoms with van der Waals surface area (Å²) in [6.07, 6.45) is 0. The minimum Gasteiger partial charge on any atom is -0.475 e. The number of ketones is 1. The van der Waals surface area contributed by atoms with Gasteiger partial charge in [-0.1, -0.05) is 60.7 Å². The van der Waals surface area contributed by atoms with Gasteiger partial charge in [0.15, 0.2) is 5.60 Å². The highest BCUT2D eigenvalue weighted by Crippen LogP contribution is 2.34. The molecule has 0 saturated heterocycles. The largest absolute Gasteiger partial charge is 0.475 e. The normalized spacial score (nSPS) is 11.1. The second-order valence-electron chi connectivity index (χ2n) is 4.25. The number of carboxylic acids is 1. The van der Waals surface area contributed by atoms with Gasteiger partial charge in [-0.2, -0.15) is 0 Å². The number of aliphatic carboxylic acids is 1. The molecule has 2 rings (SSSR count). The van der Waals surface area contributed by atoms with E-state index in [1.165, 1.54) is 7.11 Å². The summed E-state index contributed by atoms with van der Waals surface area (Å²) in [4.78, 5) is 23.5. The van der Waals surface area contributed by atoms with E-state index in [0.29, 0.717) is 11.1 Å². The second kappa shape index (κ2) is 5.67. The molecule has 0 atom stereocenters. The first-order valence-corrected chi connectivity index (χ1v) is 6.07. The van der Waals surface area contributed by atoms with Gasteiger partial charge < -0.3 is 9.84 Å². The van der Waals surface area contributed by atoms with Crippen molar-refractivity contribution in [3.63, 3.8) is 0 Å². The molecule has 20 heavy (non-hydrogen) atoms. The van der Waals surface area contributed by atoms with Gasteiger partial charge in [0, 0.05) is 7.11 Å². The van der Waals surface area contributed by atoms with Crippen molar-refractivity contribution < 1.29 is 19.4 Å². The molecule has 2 aromatic rings. The topological polar surface area (TPSA) is 63.6 Å². The van der Waals surface area contributed by atoms with Gasteiger partial charge in [0.05, 0.1) is 0 Å². The number of methoxy groups -OCH3 is 1. The van der Waals surface area contributed by atoms with Crippen molar-refractivity contribution in [1.29, 1.82) is 0 Å². The van der Waals surface area contributed by atoms with Crippen LogP contribution in [0.2, 0.25) is 0 Å². The number of rotatable bonds is 5. The molecule has 102 valence electrons. The zero-order valence-corrected chi connectivity index (χ0v) is 10.9. The number of Topliss-reactive ketones (excluding diaryl/α,β-unsaturated/α-hetero) is 1. The lowest BCUT2D eigenvalue weighted by Crippen LogP contribution is -2.43. The second-order valence-corrected chi connectivity index (χ2v) is 4.25. The van der Waals surface area contributed by atoms with E-state index in [1.54, 1.807) is 60.7 Å². The molecular formula is C16H14O4. The summed E-state index contributed by atoms with van der Waals surface area (Å²) in [6.45, 7) is 0. The fourth-order valence-electron chi connectivity index (χ4n) is 2.25. The molecule has 0 amide bonds.